The second-order valence-corrected chi connectivity index (χ2v) is 8.14. The molecule has 1 aliphatic rings. The van der Waals surface area contributed by atoms with Crippen LogP contribution in [-0.2, 0) is 11.8 Å². The number of halogens is 1. The Hall–Kier alpha value is -2.04. The Balaban J connectivity index is 1.69. The first-order valence-corrected chi connectivity index (χ1v) is 10.3. The van der Waals surface area contributed by atoms with E-state index in [1.807, 2.05) is 35.9 Å². The lowest BCUT2D eigenvalue weighted by atomic mass is 9.81. The monoisotopic (exact) mass is 403 g/mol. The van der Waals surface area contributed by atoms with Crippen molar-refractivity contribution in [1.29, 1.82) is 5.26 Å². The van der Waals surface area contributed by atoms with E-state index in [0.717, 1.165) is 37.7 Å². The summed E-state index contributed by atoms with van der Waals surface area (Å²) in [4.78, 5) is 14.3. The predicted molar refractivity (Wildman–Crippen MR) is 106 cm³/mol. The number of nitrogens with zero attached hydrogens (tertiary/aromatic N) is 5. The summed E-state index contributed by atoms with van der Waals surface area (Å²) in [6.07, 6.45) is 4.60. The molecule has 0 spiro atoms. The molecule has 1 amide bonds. The van der Waals surface area contributed by atoms with Crippen molar-refractivity contribution in [2.45, 2.75) is 42.8 Å². The van der Waals surface area contributed by atoms with Gasteiger partial charge in [-0.15, -0.1) is 10.2 Å². The van der Waals surface area contributed by atoms with E-state index in [-0.39, 0.29) is 11.7 Å². The van der Waals surface area contributed by atoms with Gasteiger partial charge in [-0.1, -0.05) is 54.8 Å². The molecular formula is C19H22ClN5OS. The van der Waals surface area contributed by atoms with Crippen LogP contribution in [0.25, 0.3) is 11.4 Å². The van der Waals surface area contributed by atoms with E-state index in [2.05, 4.69) is 16.3 Å². The van der Waals surface area contributed by atoms with E-state index >= 15 is 0 Å². The number of thioether (sulfide) groups is 1. The van der Waals surface area contributed by atoms with E-state index < -0.39 is 5.54 Å². The summed E-state index contributed by atoms with van der Waals surface area (Å²) in [7, 11) is 3.59. The van der Waals surface area contributed by atoms with Crippen molar-refractivity contribution in [3.05, 3.63) is 29.3 Å². The molecule has 27 heavy (non-hydrogen) atoms. The zero-order chi connectivity index (χ0) is 19.4. The number of hydrogen-bond acceptors (Lipinski definition) is 5. The van der Waals surface area contributed by atoms with Gasteiger partial charge in [-0.3, -0.25) is 4.79 Å². The van der Waals surface area contributed by atoms with Gasteiger partial charge in [-0.2, -0.15) is 5.26 Å². The molecule has 0 atom stereocenters. The summed E-state index contributed by atoms with van der Waals surface area (Å²) < 4.78 is 1.83. The molecule has 1 aromatic heterocycles. The van der Waals surface area contributed by atoms with E-state index in [1.165, 1.54) is 11.8 Å². The molecule has 1 heterocycles. The first-order chi connectivity index (χ1) is 13.0. The molecular weight excluding hydrogens is 382 g/mol. The van der Waals surface area contributed by atoms with Gasteiger partial charge >= 0.3 is 0 Å². The molecule has 1 fully saturated rings. The molecule has 0 N–H and O–H groups in total. The van der Waals surface area contributed by atoms with Crippen molar-refractivity contribution in [3.8, 4) is 17.5 Å². The molecule has 6 nitrogen and oxygen atoms in total. The topological polar surface area (TPSA) is 74.8 Å². The Labute approximate surface area is 168 Å². The fourth-order valence-corrected chi connectivity index (χ4v) is 4.48. The van der Waals surface area contributed by atoms with Crippen molar-refractivity contribution in [2.24, 2.45) is 7.05 Å². The molecule has 3 rings (SSSR count). The van der Waals surface area contributed by atoms with Crippen molar-refractivity contribution >= 4 is 29.3 Å². The standard InChI is InChI=1S/C19H22ClN5OS/c1-24-17(14-8-4-5-9-15(14)20)22-23-18(24)27-12-16(26)25(2)19(13-21)10-6-3-7-11-19/h4-5,8-9H,3,6-7,10-12H2,1-2H3. The van der Waals surface area contributed by atoms with Gasteiger partial charge in [0.2, 0.25) is 5.91 Å². The lowest BCUT2D eigenvalue weighted by Gasteiger charge is -2.39. The molecule has 1 saturated carbocycles. The van der Waals surface area contributed by atoms with Crippen LogP contribution >= 0.6 is 23.4 Å². The van der Waals surface area contributed by atoms with Crippen LogP contribution in [0.2, 0.25) is 5.02 Å². The Kier molecular flexibility index (Phi) is 6.08. The first-order valence-electron chi connectivity index (χ1n) is 8.93. The normalized spacial score (nSPS) is 15.9. The molecule has 0 aliphatic heterocycles. The smallest absolute Gasteiger partial charge is 0.234 e. The number of nitriles is 1. The molecule has 2 aromatic rings. The Morgan fingerprint density at radius 2 is 2.04 bits per heavy atom. The number of carbonyl (C=O) groups excluding carboxylic acids is 1. The number of aromatic nitrogens is 3. The van der Waals surface area contributed by atoms with Crippen LogP contribution in [0.3, 0.4) is 0 Å². The van der Waals surface area contributed by atoms with Crippen LogP contribution in [0.5, 0.6) is 0 Å². The van der Waals surface area contributed by atoms with Crippen molar-refractivity contribution in [2.75, 3.05) is 12.8 Å². The number of rotatable bonds is 5. The molecule has 142 valence electrons. The van der Waals surface area contributed by atoms with Gasteiger partial charge in [-0.05, 0) is 25.0 Å². The summed E-state index contributed by atoms with van der Waals surface area (Å²) in [5.74, 6) is 0.810. The third-order valence-electron chi connectivity index (χ3n) is 5.18. The van der Waals surface area contributed by atoms with Gasteiger partial charge in [0.05, 0.1) is 16.8 Å². The van der Waals surface area contributed by atoms with E-state index in [4.69, 9.17) is 11.6 Å². The largest absolute Gasteiger partial charge is 0.326 e. The zero-order valence-electron chi connectivity index (χ0n) is 15.5. The number of benzene rings is 1. The van der Waals surface area contributed by atoms with E-state index in [9.17, 15) is 10.1 Å². The maximum absolute atomic E-state index is 12.7. The lowest BCUT2D eigenvalue weighted by molar-refractivity contribution is -0.131. The summed E-state index contributed by atoms with van der Waals surface area (Å²) in [6, 6.07) is 9.84. The van der Waals surface area contributed by atoms with Crippen LogP contribution in [0.1, 0.15) is 32.1 Å². The Morgan fingerprint density at radius 3 is 2.70 bits per heavy atom. The van der Waals surface area contributed by atoms with Crippen LogP contribution in [0, 0.1) is 11.3 Å². The van der Waals surface area contributed by atoms with Gasteiger partial charge in [0, 0.05) is 19.7 Å². The Morgan fingerprint density at radius 1 is 1.33 bits per heavy atom. The summed E-state index contributed by atoms with van der Waals surface area (Å²) in [5.41, 5.74) is 0.133. The highest BCUT2D eigenvalue weighted by Gasteiger charge is 2.38. The zero-order valence-corrected chi connectivity index (χ0v) is 17.1. The summed E-state index contributed by atoms with van der Waals surface area (Å²) >= 11 is 7.57. The van der Waals surface area contributed by atoms with Gasteiger partial charge in [0.1, 0.15) is 5.54 Å². The fourth-order valence-electron chi connectivity index (χ4n) is 3.44. The maximum atomic E-state index is 12.7. The third-order valence-corrected chi connectivity index (χ3v) is 6.51. The lowest BCUT2D eigenvalue weighted by Crippen LogP contribution is -2.50. The SMILES string of the molecule is CN(C(=O)CSc1nnc(-c2ccccc2Cl)n1C)C1(C#N)CCCCC1. The third kappa shape index (κ3) is 3.97. The van der Waals surface area contributed by atoms with Gasteiger partial charge < -0.3 is 9.47 Å². The maximum Gasteiger partial charge on any atom is 0.234 e. The van der Waals surface area contributed by atoms with Crippen molar-refractivity contribution in [3.63, 3.8) is 0 Å². The number of hydrogen-bond donors (Lipinski definition) is 0. The highest BCUT2D eigenvalue weighted by Crippen LogP contribution is 2.33. The molecule has 1 aliphatic carbocycles. The van der Waals surface area contributed by atoms with Gasteiger partial charge in [-0.25, -0.2) is 0 Å². The minimum Gasteiger partial charge on any atom is -0.326 e. The van der Waals surface area contributed by atoms with Crippen molar-refractivity contribution in [1.82, 2.24) is 19.7 Å². The van der Waals surface area contributed by atoms with Crippen LogP contribution in [-0.4, -0.2) is 43.9 Å². The molecule has 8 heteroatoms. The highest BCUT2D eigenvalue weighted by atomic mass is 35.5. The molecule has 0 unspecified atom stereocenters. The Bertz CT molecular complexity index is 869. The number of amides is 1. The predicted octanol–water partition coefficient (Wildman–Crippen LogP) is 3.91. The molecule has 0 radical (unpaired) electrons. The summed E-state index contributed by atoms with van der Waals surface area (Å²) in [6.45, 7) is 0. The van der Waals surface area contributed by atoms with Crippen molar-refractivity contribution < 1.29 is 4.79 Å². The highest BCUT2D eigenvalue weighted by molar-refractivity contribution is 7.99. The van der Waals surface area contributed by atoms with Crippen LogP contribution < -0.4 is 0 Å². The first kappa shape index (κ1) is 19.7. The average molecular weight is 404 g/mol. The second-order valence-electron chi connectivity index (χ2n) is 6.79. The van der Waals surface area contributed by atoms with E-state index in [1.54, 1.807) is 11.9 Å². The minimum atomic E-state index is -0.668. The summed E-state index contributed by atoms with van der Waals surface area (Å²) in [5, 5.41) is 19.3. The molecule has 0 saturated heterocycles. The van der Waals surface area contributed by atoms with E-state index in [0.29, 0.717) is 16.0 Å². The minimum absolute atomic E-state index is 0.0641. The second kappa shape index (κ2) is 8.32. The average Bonchev–Trinajstić information content (AvgIpc) is 3.06. The fraction of sp³-hybridized carbons (Fsp3) is 0.474. The number of carbonyl (C=O) groups is 1. The van der Waals surface area contributed by atoms with Gasteiger partial charge in [0.15, 0.2) is 11.0 Å². The quantitative estimate of drug-likeness (QED) is 0.707. The molecule has 1 aromatic carbocycles. The molecule has 0 bridgehead atoms. The van der Waals surface area contributed by atoms with Crippen LogP contribution in [0.4, 0.5) is 0 Å². The van der Waals surface area contributed by atoms with Gasteiger partial charge in [0.25, 0.3) is 0 Å². The van der Waals surface area contributed by atoms with Crippen LogP contribution in [0.15, 0.2) is 29.4 Å².